The molecule has 52 heavy (non-hydrogen) atoms. The number of carbonyl (C=O) groups is 1. The Hall–Kier alpha value is -1.77. The van der Waals surface area contributed by atoms with Crippen LogP contribution in [-0.4, -0.2) is 39.9 Å². The zero-order valence-electron chi connectivity index (χ0n) is 31.8. The second kappa shape index (κ2) is 20.8. The van der Waals surface area contributed by atoms with Gasteiger partial charge in [-0.3, -0.25) is 4.21 Å². The highest BCUT2D eigenvalue weighted by Crippen LogP contribution is 2.63. The molecule has 0 N–H and O–H groups in total. The smallest absolute Gasteiger partial charge is 0.453 e. The summed E-state index contributed by atoms with van der Waals surface area (Å²) in [7, 11) is -1.36. The van der Waals surface area contributed by atoms with Gasteiger partial charge in [-0.05, 0) is 99.0 Å². The van der Waals surface area contributed by atoms with Crippen molar-refractivity contribution in [3.63, 3.8) is 0 Å². The molecule has 9 heteroatoms. The van der Waals surface area contributed by atoms with Crippen molar-refractivity contribution in [2.24, 2.45) is 23.2 Å². The van der Waals surface area contributed by atoms with Crippen LogP contribution in [0.15, 0.2) is 36.4 Å². The van der Waals surface area contributed by atoms with E-state index in [1.165, 1.54) is 56.9 Å². The Kier molecular flexibility index (Phi) is 17.2. The summed E-state index contributed by atoms with van der Waals surface area (Å²) < 4.78 is 81.3. The van der Waals surface area contributed by atoms with Crippen LogP contribution in [-0.2, 0) is 26.8 Å². The Morgan fingerprint density at radius 3 is 2.25 bits per heavy atom. The largest absolute Gasteiger partial charge is 0.459 e. The summed E-state index contributed by atoms with van der Waals surface area (Å²) in [5, 5.41) is 0. The summed E-state index contributed by atoms with van der Waals surface area (Å²) in [4.78, 5) is 12.9. The summed E-state index contributed by atoms with van der Waals surface area (Å²) >= 11 is 0. The molecule has 2 fully saturated rings. The van der Waals surface area contributed by atoms with Crippen molar-refractivity contribution in [2.75, 3.05) is 11.5 Å². The molecule has 0 radical (unpaired) electrons. The molecule has 4 rings (SSSR count). The Morgan fingerprint density at radius 1 is 0.865 bits per heavy atom. The fraction of sp³-hybridized carbons (Fsp3) is 0.791. The van der Waals surface area contributed by atoms with E-state index in [0.29, 0.717) is 35.8 Å². The molecular weight excluding hydrogens is 692 g/mol. The van der Waals surface area contributed by atoms with Crippen LogP contribution in [0.5, 0.6) is 0 Å². The van der Waals surface area contributed by atoms with Crippen LogP contribution in [0.3, 0.4) is 0 Å². The van der Waals surface area contributed by atoms with Gasteiger partial charge in [-0.1, -0.05) is 115 Å². The fourth-order valence-corrected chi connectivity index (χ4v) is 11.0. The molecule has 1 aromatic rings. The molecule has 0 saturated heterocycles. The fourth-order valence-electron chi connectivity index (χ4n) is 9.81. The predicted octanol–water partition coefficient (Wildman–Crippen LogP) is 12.8. The highest BCUT2D eigenvalue weighted by atomic mass is 32.2. The van der Waals surface area contributed by atoms with Gasteiger partial charge in [-0.25, -0.2) is 4.79 Å². The maximum absolute atomic E-state index is 13.1. The van der Waals surface area contributed by atoms with Crippen molar-refractivity contribution in [1.29, 1.82) is 0 Å². The van der Waals surface area contributed by atoms with Gasteiger partial charge in [0.05, 0.1) is 0 Å². The van der Waals surface area contributed by atoms with Gasteiger partial charge in [0.2, 0.25) is 0 Å². The van der Waals surface area contributed by atoms with E-state index in [2.05, 4.69) is 38.1 Å². The number of hydrogen-bond donors (Lipinski definition) is 0. The molecule has 0 bridgehead atoms. The van der Waals surface area contributed by atoms with Gasteiger partial charge in [-0.2, -0.15) is 22.0 Å². The van der Waals surface area contributed by atoms with Gasteiger partial charge in [-0.15, -0.1) is 0 Å². The lowest BCUT2D eigenvalue weighted by Crippen LogP contribution is -2.48. The first-order valence-electron chi connectivity index (χ1n) is 20.6. The molecule has 2 saturated carbocycles. The number of benzene rings is 1. The van der Waals surface area contributed by atoms with Crippen LogP contribution in [0.2, 0.25) is 0 Å². The summed E-state index contributed by atoms with van der Waals surface area (Å²) in [6, 6.07) is 9.05. The van der Waals surface area contributed by atoms with Gasteiger partial charge >= 0.3 is 18.1 Å². The summed E-state index contributed by atoms with van der Waals surface area (Å²) in [5.74, 6) is -2.26. The number of halogens is 5. The van der Waals surface area contributed by atoms with Gasteiger partial charge in [0.15, 0.2) is 0 Å². The average molecular weight is 757 g/mol. The average Bonchev–Trinajstić information content (AvgIpc) is 3.43. The van der Waals surface area contributed by atoms with Gasteiger partial charge in [0.25, 0.3) is 0 Å². The number of allylic oxidation sites excluding steroid dienone is 1. The number of esters is 1. The molecule has 0 aliphatic heterocycles. The molecule has 3 aliphatic rings. The van der Waals surface area contributed by atoms with E-state index in [1.54, 1.807) is 11.6 Å². The minimum absolute atomic E-state index is 0.0148. The molecule has 0 amide bonds. The lowest BCUT2D eigenvalue weighted by molar-refractivity contribution is -0.284. The van der Waals surface area contributed by atoms with Crippen molar-refractivity contribution in [2.45, 2.75) is 179 Å². The number of fused-ring (bicyclic) bond motifs is 5. The Balaban J connectivity index is 1.19. The van der Waals surface area contributed by atoms with E-state index in [1.807, 2.05) is 6.08 Å². The Bertz CT molecular complexity index is 1280. The number of hydrogen-bond acceptors (Lipinski definition) is 3. The molecule has 7 unspecified atom stereocenters. The number of unbranched alkanes of at least 4 members (excludes halogenated alkanes) is 12. The van der Waals surface area contributed by atoms with Crippen molar-refractivity contribution < 1.29 is 35.7 Å². The van der Waals surface area contributed by atoms with Gasteiger partial charge in [0.1, 0.15) is 6.10 Å². The molecular formula is C43H65F5O3S. The summed E-state index contributed by atoms with van der Waals surface area (Å²) in [6.07, 6.45) is 18.7. The normalized spacial score (nSPS) is 26.6. The summed E-state index contributed by atoms with van der Waals surface area (Å²) in [6.45, 7) is 4.63. The van der Waals surface area contributed by atoms with Crippen LogP contribution < -0.4 is 0 Å². The number of ether oxygens (including phenoxy) is 1. The first kappa shape index (κ1) is 43.0. The van der Waals surface area contributed by atoms with Crippen molar-refractivity contribution in [3.8, 4) is 0 Å². The maximum atomic E-state index is 13.1. The molecule has 0 heterocycles. The molecule has 0 spiro atoms. The quantitative estimate of drug-likeness (QED) is 0.0483. The second-order valence-electron chi connectivity index (χ2n) is 16.4. The third-order valence-corrected chi connectivity index (χ3v) is 14.2. The van der Waals surface area contributed by atoms with Crippen LogP contribution in [0, 0.1) is 23.2 Å². The van der Waals surface area contributed by atoms with Gasteiger partial charge < -0.3 is 4.74 Å². The number of carbonyl (C=O) groups excluding carboxylic acids is 1. The van der Waals surface area contributed by atoms with E-state index in [0.717, 1.165) is 70.6 Å². The molecule has 7 atom stereocenters. The SMILES string of the molecule is CCCCCCCC/C=C/C(=O)OC1CCC2C3C(CCCCCCCCCS(=O)CCCC(F)(F)C(F)(F)F)Cc4ccccc4C3CCC12C. The third-order valence-electron chi connectivity index (χ3n) is 12.7. The third kappa shape index (κ3) is 12.1. The number of alkyl halides is 5. The highest BCUT2D eigenvalue weighted by Gasteiger charge is 2.58. The molecule has 3 nitrogen and oxygen atoms in total. The molecule has 3 aliphatic carbocycles. The van der Waals surface area contributed by atoms with E-state index >= 15 is 0 Å². The number of rotatable bonds is 23. The highest BCUT2D eigenvalue weighted by molar-refractivity contribution is 7.84. The van der Waals surface area contributed by atoms with Crippen molar-refractivity contribution in [3.05, 3.63) is 47.5 Å². The Morgan fingerprint density at radius 2 is 1.52 bits per heavy atom. The topological polar surface area (TPSA) is 43.4 Å². The van der Waals surface area contributed by atoms with Crippen LogP contribution in [0.1, 0.15) is 166 Å². The second-order valence-corrected chi connectivity index (χ2v) is 18.1. The maximum Gasteiger partial charge on any atom is 0.453 e. The van der Waals surface area contributed by atoms with E-state index in [4.69, 9.17) is 4.74 Å². The lowest BCUT2D eigenvalue weighted by atomic mass is 9.52. The summed E-state index contributed by atoms with van der Waals surface area (Å²) in [5.41, 5.74) is 3.08. The van der Waals surface area contributed by atoms with Crippen LogP contribution in [0.25, 0.3) is 0 Å². The van der Waals surface area contributed by atoms with Gasteiger partial charge in [0, 0.05) is 40.2 Å². The predicted molar refractivity (Wildman–Crippen MR) is 202 cm³/mol. The molecule has 296 valence electrons. The standard InChI is InChI=1S/C43H65F5O3S/c1-3-4-5-6-7-10-13-16-24-39(49)51-38-26-25-37-40-34(32-33-21-17-18-23-35(33)36(40)27-29-41(37,38)2)22-15-12-9-8-11-14-19-30-52(50)31-20-28-42(44,45)43(46,47)48/h16-18,21,23-24,34,36-38,40H,3-15,19-20,22,25-32H2,1-2H3/b24-16+. The minimum atomic E-state index is -5.54. The Labute approximate surface area is 313 Å². The lowest BCUT2D eigenvalue weighted by Gasteiger charge is -2.53. The van der Waals surface area contributed by atoms with E-state index in [9.17, 15) is 31.0 Å². The zero-order valence-corrected chi connectivity index (χ0v) is 32.7. The van der Waals surface area contributed by atoms with E-state index in [-0.39, 0.29) is 23.2 Å². The molecule has 1 aromatic carbocycles. The monoisotopic (exact) mass is 756 g/mol. The first-order chi connectivity index (χ1) is 24.9. The van der Waals surface area contributed by atoms with Crippen molar-refractivity contribution in [1.82, 2.24) is 0 Å². The van der Waals surface area contributed by atoms with Crippen LogP contribution >= 0.6 is 0 Å². The van der Waals surface area contributed by atoms with Crippen LogP contribution in [0.4, 0.5) is 22.0 Å². The van der Waals surface area contributed by atoms with Crippen molar-refractivity contribution >= 4 is 16.8 Å². The first-order valence-corrected chi connectivity index (χ1v) is 22.1. The minimum Gasteiger partial charge on any atom is -0.459 e. The van der Waals surface area contributed by atoms with E-state index < -0.39 is 35.7 Å². The molecule has 0 aromatic heterocycles. The zero-order chi connectivity index (χ0) is 37.6.